The fourth-order valence-electron chi connectivity index (χ4n) is 4.45. The van der Waals surface area contributed by atoms with Crippen molar-refractivity contribution < 1.29 is 14.2 Å². The molecule has 0 aromatic carbocycles. The van der Waals surface area contributed by atoms with E-state index in [4.69, 9.17) is 9.05 Å². The zero-order valence-corrected chi connectivity index (χ0v) is 16.7. The van der Waals surface area contributed by atoms with Crippen LogP contribution in [0.1, 0.15) is 85.9 Å². The van der Waals surface area contributed by atoms with Crippen LogP contribution in [0.15, 0.2) is 9.05 Å². The molecule has 7 nitrogen and oxygen atoms in total. The Morgan fingerprint density at radius 3 is 2.67 bits per heavy atom. The van der Waals surface area contributed by atoms with Gasteiger partial charge in [0.2, 0.25) is 0 Å². The average Bonchev–Trinajstić information content (AvgIpc) is 3.25. The van der Waals surface area contributed by atoms with E-state index in [0.717, 1.165) is 55.4 Å². The maximum Gasteiger partial charge on any atom is 0.154 e. The van der Waals surface area contributed by atoms with E-state index >= 15 is 0 Å². The zero-order valence-electron chi connectivity index (χ0n) is 16.7. The Morgan fingerprint density at radius 2 is 1.93 bits per heavy atom. The van der Waals surface area contributed by atoms with Crippen molar-refractivity contribution in [2.75, 3.05) is 13.1 Å². The molecule has 0 radical (unpaired) electrons. The standard InChI is InChI=1S/C20H30N4O3/c1-11(2)18-16-9-21-8-14(20(16)27-22-18)7-12(3)19-15-5-6-24(13(4)25)10-17(15)26-23-19/h11-14,21,25H,5-10H2,1-4H3. The van der Waals surface area contributed by atoms with Crippen LogP contribution in [0.25, 0.3) is 0 Å². The molecular formula is C20H30N4O3. The molecule has 3 atom stereocenters. The molecule has 2 aliphatic rings. The molecule has 0 saturated heterocycles. The topological polar surface area (TPSA) is 87.6 Å². The van der Waals surface area contributed by atoms with Crippen LogP contribution in [-0.2, 0) is 19.5 Å². The fourth-order valence-corrected chi connectivity index (χ4v) is 4.45. The number of hydrogen-bond acceptors (Lipinski definition) is 7. The van der Waals surface area contributed by atoms with Gasteiger partial charge in [-0.25, -0.2) is 0 Å². The molecule has 148 valence electrons. The van der Waals surface area contributed by atoms with Crippen LogP contribution < -0.4 is 5.32 Å². The van der Waals surface area contributed by atoms with Crippen molar-refractivity contribution in [2.45, 2.75) is 77.6 Å². The molecule has 2 aromatic rings. The van der Waals surface area contributed by atoms with Gasteiger partial charge < -0.3 is 19.5 Å². The highest BCUT2D eigenvalue weighted by Gasteiger charge is 2.33. The van der Waals surface area contributed by atoms with Crippen molar-refractivity contribution in [3.8, 4) is 0 Å². The Morgan fingerprint density at radius 1 is 1.15 bits per heavy atom. The SMILES string of the molecule is CC(C)c1noc2c1CNCC2CC(C)c1noc2c1CCN(C(C)O)C2. The number of hydrogen-bond donors (Lipinski definition) is 2. The Balaban J connectivity index is 1.51. The molecule has 0 saturated carbocycles. The summed E-state index contributed by atoms with van der Waals surface area (Å²) in [5.74, 6) is 2.89. The summed E-state index contributed by atoms with van der Waals surface area (Å²) >= 11 is 0. The molecule has 3 unspecified atom stereocenters. The van der Waals surface area contributed by atoms with Crippen molar-refractivity contribution in [3.05, 3.63) is 34.0 Å². The predicted molar refractivity (Wildman–Crippen MR) is 100 cm³/mol. The summed E-state index contributed by atoms with van der Waals surface area (Å²) in [6.45, 7) is 11.5. The molecule has 2 aromatic heterocycles. The zero-order chi connectivity index (χ0) is 19.1. The molecule has 2 N–H and O–H groups in total. The van der Waals surface area contributed by atoms with Crippen LogP contribution >= 0.6 is 0 Å². The van der Waals surface area contributed by atoms with Gasteiger partial charge in [0, 0.05) is 42.6 Å². The quantitative estimate of drug-likeness (QED) is 0.832. The van der Waals surface area contributed by atoms with Gasteiger partial charge in [-0.3, -0.25) is 4.90 Å². The van der Waals surface area contributed by atoms with Crippen LogP contribution in [0.4, 0.5) is 0 Å². The lowest BCUT2D eigenvalue weighted by atomic mass is 9.85. The Hall–Kier alpha value is -1.70. The summed E-state index contributed by atoms with van der Waals surface area (Å²) < 4.78 is 11.4. The van der Waals surface area contributed by atoms with Crippen molar-refractivity contribution in [1.82, 2.24) is 20.5 Å². The van der Waals surface area contributed by atoms with E-state index in [1.54, 1.807) is 6.92 Å². The monoisotopic (exact) mass is 374 g/mol. The Kier molecular flexibility index (Phi) is 5.09. The lowest BCUT2D eigenvalue weighted by molar-refractivity contribution is 0.00324. The summed E-state index contributed by atoms with van der Waals surface area (Å²) in [7, 11) is 0. The highest BCUT2D eigenvalue weighted by atomic mass is 16.5. The summed E-state index contributed by atoms with van der Waals surface area (Å²) in [5.41, 5.74) is 4.60. The third-order valence-corrected chi connectivity index (χ3v) is 5.99. The molecule has 0 amide bonds. The second-order valence-electron chi connectivity index (χ2n) is 8.35. The smallest absolute Gasteiger partial charge is 0.154 e. The predicted octanol–water partition coefficient (Wildman–Crippen LogP) is 2.86. The van der Waals surface area contributed by atoms with Gasteiger partial charge >= 0.3 is 0 Å². The third kappa shape index (κ3) is 3.44. The summed E-state index contributed by atoms with van der Waals surface area (Å²) in [5, 5.41) is 22.1. The maximum atomic E-state index is 9.81. The van der Waals surface area contributed by atoms with E-state index in [9.17, 15) is 5.11 Å². The van der Waals surface area contributed by atoms with Crippen LogP contribution in [0.3, 0.4) is 0 Å². The molecular weight excluding hydrogens is 344 g/mol. The highest BCUT2D eigenvalue weighted by molar-refractivity contribution is 5.32. The van der Waals surface area contributed by atoms with Crippen molar-refractivity contribution >= 4 is 0 Å². The number of aliphatic hydroxyl groups is 1. The third-order valence-electron chi connectivity index (χ3n) is 5.99. The van der Waals surface area contributed by atoms with Gasteiger partial charge in [-0.05, 0) is 25.7 Å². The van der Waals surface area contributed by atoms with Crippen molar-refractivity contribution in [3.63, 3.8) is 0 Å². The first-order valence-corrected chi connectivity index (χ1v) is 10.0. The number of rotatable bonds is 5. The average molecular weight is 374 g/mol. The second kappa shape index (κ2) is 7.37. The summed E-state index contributed by atoms with van der Waals surface area (Å²) in [6.07, 6.45) is 1.36. The minimum absolute atomic E-state index is 0.279. The molecule has 0 bridgehead atoms. The Bertz CT molecular complexity index is 795. The molecule has 0 spiro atoms. The number of nitrogens with zero attached hydrogens (tertiary/aromatic N) is 3. The minimum atomic E-state index is -0.461. The molecule has 7 heteroatoms. The minimum Gasteiger partial charge on any atom is -0.379 e. The first-order chi connectivity index (χ1) is 13.0. The van der Waals surface area contributed by atoms with Gasteiger partial charge in [-0.2, -0.15) is 0 Å². The summed E-state index contributed by atoms with van der Waals surface area (Å²) in [4.78, 5) is 2.00. The lowest BCUT2D eigenvalue weighted by Crippen LogP contribution is -2.37. The number of aromatic nitrogens is 2. The molecule has 2 aliphatic heterocycles. The first-order valence-electron chi connectivity index (χ1n) is 10.0. The molecule has 0 aliphatic carbocycles. The molecule has 27 heavy (non-hydrogen) atoms. The Labute approximate surface area is 160 Å². The van der Waals surface area contributed by atoms with Gasteiger partial charge in [0.1, 0.15) is 12.0 Å². The first kappa shape index (κ1) is 18.7. The van der Waals surface area contributed by atoms with Crippen molar-refractivity contribution in [1.29, 1.82) is 0 Å². The number of aliphatic hydroxyl groups excluding tert-OH is 1. The van der Waals surface area contributed by atoms with Gasteiger partial charge in [-0.15, -0.1) is 0 Å². The van der Waals surface area contributed by atoms with Crippen LogP contribution in [0.5, 0.6) is 0 Å². The van der Waals surface area contributed by atoms with Gasteiger partial charge in [-0.1, -0.05) is 31.1 Å². The van der Waals surface area contributed by atoms with Gasteiger partial charge in [0.25, 0.3) is 0 Å². The normalized spacial score (nSPS) is 22.5. The van der Waals surface area contributed by atoms with Gasteiger partial charge in [0.15, 0.2) is 5.76 Å². The van der Waals surface area contributed by atoms with E-state index in [1.807, 2.05) is 4.90 Å². The number of nitrogens with one attached hydrogen (secondary N) is 1. The number of fused-ring (bicyclic) bond motifs is 2. The van der Waals surface area contributed by atoms with Crippen LogP contribution in [-0.4, -0.2) is 39.6 Å². The van der Waals surface area contributed by atoms with E-state index in [2.05, 4.69) is 36.4 Å². The highest BCUT2D eigenvalue weighted by Crippen LogP contribution is 2.37. The van der Waals surface area contributed by atoms with Crippen molar-refractivity contribution in [2.24, 2.45) is 0 Å². The van der Waals surface area contributed by atoms with Crippen LogP contribution in [0.2, 0.25) is 0 Å². The molecule has 0 fully saturated rings. The van der Waals surface area contributed by atoms with E-state index in [0.29, 0.717) is 18.4 Å². The second-order valence-corrected chi connectivity index (χ2v) is 8.35. The maximum absolute atomic E-state index is 9.81. The largest absolute Gasteiger partial charge is 0.379 e. The van der Waals surface area contributed by atoms with E-state index in [-0.39, 0.29) is 5.92 Å². The van der Waals surface area contributed by atoms with Crippen LogP contribution in [0, 0.1) is 0 Å². The van der Waals surface area contributed by atoms with E-state index < -0.39 is 6.23 Å². The summed E-state index contributed by atoms with van der Waals surface area (Å²) in [6, 6.07) is 0. The van der Waals surface area contributed by atoms with Gasteiger partial charge in [0.05, 0.1) is 17.9 Å². The molecule has 4 rings (SSSR count). The fraction of sp³-hybridized carbons (Fsp3) is 0.700. The lowest BCUT2D eigenvalue weighted by Gasteiger charge is -2.28. The molecule has 4 heterocycles. The van der Waals surface area contributed by atoms with E-state index in [1.165, 1.54) is 11.1 Å².